The molecule has 0 fully saturated rings. The standard InChI is InChI=1S/C16H12N2/c17-10-14-15(11-6-2-1-3-7-11)12-8-4-5-9-13(12)16(14)18/h1-9,15H,18H2/t15-/m0/s1. The van der Waals surface area contributed by atoms with Gasteiger partial charge in [0.25, 0.3) is 0 Å². The molecule has 0 aromatic heterocycles. The van der Waals surface area contributed by atoms with Crippen LogP contribution in [0.3, 0.4) is 0 Å². The van der Waals surface area contributed by atoms with E-state index in [1.54, 1.807) is 0 Å². The van der Waals surface area contributed by atoms with Crippen LogP contribution in [0.2, 0.25) is 0 Å². The van der Waals surface area contributed by atoms with Gasteiger partial charge in [0, 0.05) is 11.5 Å². The van der Waals surface area contributed by atoms with Crippen LogP contribution >= 0.6 is 0 Å². The molecular formula is C16H12N2. The quantitative estimate of drug-likeness (QED) is 0.821. The van der Waals surface area contributed by atoms with Crippen molar-refractivity contribution in [3.8, 4) is 6.07 Å². The molecule has 2 N–H and O–H groups in total. The SMILES string of the molecule is N#CC1=C(N)c2ccccc2[C@@H]1c1ccccc1. The summed E-state index contributed by atoms with van der Waals surface area (Å²) in [7, 11) is 0. The van der Waals surface area contributed by atoms with E-state index in [0.717, 1.165) is 16.7 Å². The number of allylic oxidation sites excluding steroid dienone is 1. The van der Waals surface area contributed by atoms with E-state index in [0.29, 0.717) is 11.3 Å². The first kappa shape index (κ1) is 10.6. The molecular weight excluding hydrogens is 220 g/mol. The van der Waals surface area contributed by atoms with Gasteiger partial charge in [-0.2, -0.15) is 5.26 Å². The number of hydrogen-bond acceptors (Lipinski definition) is 2. The molecule has 1 atom stereocenters. The second kappa shape index (κ2) is 4.05. The number of rotatable bonds is 1. The number of nitriles is 1. The molecule has 0 amide bonds. The average molecular weight is 232 g/mol. The Hall–Kier alpha value is -2.53. The fraction of sp³-hybridized carbons (Fsp3) is 0.0625. The largest absolute Gasteiger partial charge is 0.397 e. The molecule has 1 aliphatic rings. The fourth-order valence-electron chi connectivity index (χ4n) is 2.57. The number of nitrogens with two attached hydrogens (primary N) is 1. The van der Waals surface area contributed by atoms with Gasteiger partial charge in [-0.1, -0.05) is 54.6 Å². The Morgan fingerprint density at radius 2 is 1.61 bits per heavy atom. The predicted octanol–water partition coefficient (Wildman–Crippen LogP) is 3.03. The zero-order valence-electron chi connectivity index (χ0n) is 9.80. The van der Waals surface area contributed by atoms with E-state index in [9.17, 15) is 5.26 Å². The van der Waals surface area contributed by atoms with Crippen LogP contribution < -0.4 is 5.73 Å². The van der Waals surface area contributed by atoms with Gasteiger partial charge in [-0.15, -0.1) is 0 Å². The third kappa shape index (κ3) is 1.42. The highest BCUT2D eigenvalue weighted by molar-refractivity contribution is 5.81. The molecule has 18 heavy (non-hydrogen) atoms. The Balaban J connectivity index is 2.24. The molecule has 3 rings (SSSR count). The predicted molar refractivity (Wildman–Crippen MR) is 71.4 cm³/mol. The van der Waals surface area contributed by atoms with Crippen molar-refractivity contribution in [1.29, 1.82) is 5.26 Å². The lowest BCUT2D eigenvalue weighted by Gasteiger charge is -2.12. The van der Waals surface area contributed by atoms with E-state index in [4.69, 9.17) is 5.73 Å². The summed E-state index contributed by atoms with van der Waals surface area (Å²) in [6.07, 6.45) is 0. The average Bonchev–Trinajstić information content (AvgIpc) is 2.73. The summed E-state index contributed by atoms with van der Waals surface area (Å²) in [6.45, 7) is 0. The molecule has 0 aliphatic heterocycles. The molecule has 0 unspecified atom stereocenters. The summed E-state index contributed by atoms with van der Waals surface area (Å²) in [4.78, 5) is 0. The Morgan fingerprint density at radius 1 is 0.944 bits per heavy atom. The molecule has 0 bridgehead atoms. The van der Waals surface area contributed by atoms with E-state index < -0.39 is 0 Å². The van der Waals surface area contributed by atoms with Crippen molar-refractivity contribution in [3.63, 3.8) is 0 Å². The molecule has 2 heteroatoms. The van der Waals surface area contributed by atoms with Crippen LogP contribution in [0.1, 0.15) is 22.6 Å². The first-order valence-corrected chi connectivity index (χ1v) is 5.87. The van der Waals surface area contributed by atoms with E-state index in [1.165, 1.54) is 0 Å². The minimum Gasteiger partial charge on any atom is -0.397 e. The normalized spacial score (nSPS) is 17.4. The maximum Gasteiger partial charge on any atom is 0.0979 e. The van der Waals surface area contributed by atoms with Gasteiger partial charge in [0.2, 0.25) is 0 Å². The maximum atomic E-state index is 9.35. The van der Waals surface area contributed by atoms with Crippen LogP contribution in [0.25, 0.3) is 5.70 Å². The smallest absolute Gasteiger partial charge is 0.0979 e. The van der Waals surface area contributed by atoms with Crippen LogP contribution in [-0.2, 0) is 0 Å². The van der Waals surface area contributed by atoms with Gasteiger partial charge in [-0.05, 0) is 11.1 Å². The number of hydrogen-bond donors (Lipinski definition) is 1. The Morgan fingerprint density at radius 3 is 2.33 bits per heavy atom. The van der Waals surface area contributed by atoms with Gasteiger partial charge in [0.15, 0.2) is 0 Å². The second-order valence-electron chi connectivity index (χ2n) is 4.37. The van der Waals surface area contributed by atoms with E-state index in [1.807, 2.05) is 54.6 Å². The highest BCUT2D eigenvalue weighted by Crippen LogP contribution is 2.42. The first-order chi connectivity index (χ1) is 8.83. The Kier molecular flexibility index (Phi) is 2.39. The van der Waals surface area contributed by atoms with Crippen LogP contribution in [-0.4, -0.2) is 0 Å². The highest BCUT2D eigenvalue weighted by atomic mass is 14.6. The van der Waals surface area contributed by atoms with E-state index in [-0.39, 0.29) is 5.92 Å². The van der Waals surface area contributed by atoms with E-state index in [2.05, 4.69) is 6.07 Å². The number of fused-ring (bicyclic) bond motifs is 1. The third-order valence-electron chi connectivity index (χ3n) is 3.39. The summed E-state index contributed by atoms with van der Waals surface area (Å²) in [5.41, 5.74) is 10.6. The molecule has 0 heterocycles. The third-order valence-corrected chi connectivity index (χ3v) is 3.39. The highest BCUT2D eigenvalue weighted by Gasteiger charge is 2.30. The van der Waals surface area contributed by atoms with Gasteiger partial charge in [-0.3, -0.25) is 0 Å². The van der Waals surface area contributed by atoms with Gasteiger partial charge < -0.3 is 5.73 Å². The van der Waals surface area contributed by atoms with Crippen molar-refractivity contribution >= 4 is 5.70 Å². The molecule has 0 saturated carbocycles. The van der Waals surface area contributed by atoms with Crippen molar-refractivity contribution in [2.75, 3.05) is 0 Å². The van der Waals surface area contributed by atoms with Crippen LogP contribution in [0.15, 0.2) is 60.2 Å². The zero-order chi connectivity index (χ0) is 12.5. The summed E-state index contributed by atoms with van der Waals surface area (Å²) in [6, 6.07) is 20.3. The van der Waals surface area contributed by atoms with Crippen molar-refractivity contribution < 1.29 is 0 Å². The molecule has 2 aromatic carbocycles. The lowest BCUT2D eigenvalue weighted by Crippen LogP contribution is -2.00. The Labute approximate surface area is 106 Å². The molecule has 0 spiro atoms. The summed E-state index contributed by atoms with van der Waals surface area (Å²) >= 11 is 0. The van der Waals surface area contributed by atoms with Crippen molar-refractivity contribution in [2.45, 2.75) is 5.92 Å². The summed E-state index contributed by atoms with van der Waals surface area (Å²) < 4.78 is 0. The zero-order valence-corrected chi connectivity index (χ0v) is 9.80. The minimum atomic E-state index is -0.0209. The molecule has 86 valence electrons. The molecule has 0 radical (unpaired) electrons. The fourth-order valence-corrected chi connectivity index (χ4v) is 2.57. The summed E-state index contributed by atoms with van der Waals surface area (Å²) in [5.74, 6) is -0.0209. The Bertz CT molecular complexity index is 663. The number of nitrogens with zero attached hydrogens (tertiary/aromatic N) is 1. The molecule has 1 aliphatic carbocycles. The lowest BCUT2D eigenvalue weighted by atomic mass is 9.89. The summed E-state index contributed by atoms with van der Waals surface area (Å²) in [5, 5.41) is 9.35. The van der Waals surface area contributed by atoms with Crippen LogP contribution in [0.4, 0.5) is 0 Å². The van der Waals surface area contributed by atoms with Gasteiger partial charge in [0.05, 0.1) is 17.3 Å². The van der Waals surface area contributed by atoms with Crippen molar-refractivity contribution in [3.05, 3.63) is 76.9 Å². The molecule has 0 saturated heterocycles. The van der Waals surface area contributed by atoms with Crippen molar-refractivity contribution in [2.24, 2.45) is 5.73 Å². The topological polar surface area (TPSA) is 49.8 Å². The lowest BCUT2D eigenvalue weighted by molar-refractivity contribution is 1.01. The molecule has 2 aromatic rings. The van der Waals surface area contributed by atoms with Crippen molar-refractivity contribution in [1.82, 2.24) is 0 Å². The van der Waals surface area contributed by atoms with Gasteiger partial charge in [-0.25, -0.2) is 0 Å². The van der Waals surface area contributed by atoms with E-state index >= 15 is 0 Å². The minimum absolute atomic E-state index is 0.0209. The van der Waals surface area contributed by atoms with Crippen LogP contribution in [0, 0.1) is 11.3 Å². The monoisotopic (exact) mass is 232 g/mol. The van der Waals surface area contributed by atoms with Gasteiger partial charge in [0.1, 0.15) is 0 Å². The molecule has 2 nitrogen and oxygen atoms in total. The number of benzene rings is 2. The van der Waals surface area contributed by atoms with Crippen LogP contribution in [0.5, 0.6) is 0 Å². The van der Waals surface area contributed by atoms with Gasteiger partial charge >= 0.3 is 0 Å². The first-order valence-electron chi connectivity index (χ1n) is 5.87. The second-order valence-corrected chi connectivity index (χ2v) is 4.37. The maximum absolute atomic E-state index is 9.35.